The molecule has 2 heterocycles. The highest BCUT2D eigenvalue weighted by atomic mass is 35.5. The number of carbonyl (C=O) groups is 2. The van der Waals surface area contributed by atoms with Gasteiger partial charge in [-0.1, -0.05) is 6.92 Å². The fraction of sp³-hybridized carbons (Fsp3) is 0.300. The van der Waals surface area contributed by atoms with Gasteiger partial charge in [0.25, 0.3) is 11.8 Å². The number of rotatable bonds is 6. The van der Waals surface area contributed by atoms with E-state index in [1.165, 1.54) is 12.1 Å². The molecule has 0 fully saturated rings. The maximum atomic E-state index is 13.6. The number of fused-ring (bicyclic) bond motifs is 1. The Morgan fingerprint density at radius 1 is 1.25 bits per heavy atom. The van der Waals surface area contributed by atoms with Crippen LogP contribution in [-0.2, 0) is 4.79 Å². The van der Waals surface area contributed by atoms with E-state index in [-0.39, 0.29) is 24.2 Å². The van der Waals surface area contributed by atoms with Crippen LogP contribution >= 0.6 is 12.4 Å². The first-order valence-electron chi connectivity index (χ1n) is 8.93. The first-order chi connectivity index (χ1) is 12.9. The minimum Gasteiger partial charge on any atom is -0.358 e. The SMILES string of the molecule is CCNCCNC(=O)c1c(C)[nH]c(/C=C2/C(=O)Nc3ccc(F)cc32)c1C.Cl. The van der Waals surface area contributed by atoms with Crippen LogP contribution in [0.3, 0.4) is 0 Å². The molecule has 1 aromatic heterocycles. The lowest BCUT2D eigenvalue weighted by Gasteiger charge is -2.06. The molecule has 0 bridgehead atoms. The van der Waals surface area contributed by atoms with Gasteiger partial charge in [-0.05, 0) is 50.2 Å². The molecule has 1 aliphatic heterocycles. The van der Waals surface area contributed by atoms with Crippen LogP contribution in [0.15, 0.2) is 18.2 Å². The lowest BCUT2D eigenvalue weighted by molar-refractivity contribution is -0.110. The molecule has 3 rings (SSSR count). The summed E-state index contributed by atoms with van der Waals surface area (Å²) in [5.74, 6) is -0.860. The zero-order chi connectivity index (χ0) is 19.6. The molecule has 150 valence electrons. The second-order valence-electron chi connectivity index (χ2n) is 6.48. The zero-order valence-corrected chi connectivity index (χ0v) is 16.8. The monoisotopic (exact) mass is 406 g/mol. The molecule has 0 unspecified atom stereocenters. The summed E-state index contributed by atoms with van der Waals surface area (Å²) >= 11 is 0. The Morgan fingerprint density at radius 2 is 2.00 bits per heavy atom. The van der Waals surface area contributed by atoms with Gasteiger partial charge in [-0.25, -0.2) is 4.39 Å². The fourth-order valence-electron chi connectivity index (χ4n) is 3.24. The van der Waals surface area contributed by atoms with Gasteiger partial charge < -0.3 is 20.9 Å². The van der Waals surface area contributed by atoms with E-state index in [1.54, 1.807) is 12.1 Å². The number of H-pyrrole nitrogens is 1. The zero-order valence-electron chi connectivity index (χ0n) is 16.0. The van der Waals surface area contributed by atoms with Crippen molar-refractivity contribution >= 4 is 41.6 Å². The predicted molar refractivity (Wildman–Crippen MR) is 111 cm³/mol. The smallest absolute Gasteiger partial charge is 0.256 e. The summed E-state index contributed by atoms with van der Waals surface area (Å²) in [5, 5.41) is 8.76. The van der Waals surface area contributed by atoms with Crippen molar-refractivity contribution in [3.8, 4) is 0 Å². The third-order valence-electron chi connectivity index (χ3n) is 4.59. The summed E-state index contributed by atoms with van der Waals surface area (Å²) in [5.41, 5.74) is 4.16. The highest BCUT2D eigenvalue weighted by molar-refractivity contribution is 6.34. The number of hydrogen-bond donors (Lipinski definition) is 4. The lowest BCUT2D eigenvalue weighted by Crippen LogP contribution is -2.32. The van der Waals surface area contributed by atoms with Crippen molar-refractivity contribution in [2.75, 3.05) is 25.0 Å². The van der Waals surface area contributed by atoms with E-state index < -0.39 is 5.82 Å². The molecular formula is C20H24ClFN4O2. The molecule has 0 aliphatic carbocycles. The number of benzene rings is 1. The Balaban J connectivity index is 0.00000280. The topological polar surface area (TPSA) is 86.0 Å². The Bertz CT molecular complexity index is 937. The number of aryl methyl sites for hydroxylation is 1. The van der Waals surface area contributed by atoms with Crippen LogP contribution in [0.25, 0.3) is 11.6 Å². The molecule has 0 saturated carbocycles. The van der Waals surface area contributed by atoms with E-state index in [4.69, 9.17) is 0 Å². The Kier molecular flexibility index (Phi) is 6.99. The molecule has 0 atom stereocenters. The van der Waals surface area contributed by atoms with E-state index in [2.05, 4.69) is 20.9 Å². The molecule has 8 heteroatoms. The van der Waals surface area contributed by atoms with Gasteiger partial charge in [-0.15, -0.1) is 12.4 Å². The molecule has 0 radical (unpaired) electrons. The third kappa shape index (κ3) is 4.26. The second kappa shape index (κ2) is 9.03. The Hall–Kier alpha value is -2.64. The summed E-state index contributed by atoms with van der Waals surface area (Å²) in [6.45, 7) is 7.72. The van der Waals surface area contributed by atoms with Gasteiger partial charge in [-0.2, -0.15) is 0 Å². The molecule has 6 nitrogen and oxygen atoms in total. The van der Waals surface area contributed by atoms with Gasteiger partial charge in [0, 0.05) is 35.7 Å². The van der Waals surface area contributed by atoms with Crippen molar-refractivity contribution in [1.29, 1.82) is 0 Å². The molecule has 2 aromatic rings. The summed E-state index contributed by atoms with van der Waals surface area (Å²) in [6.07, 6.45) is 1.67. The summed E-state index contributed by atoms with van der Waals surface area (Å²) < 4.78 is 13.6. The van der Waals surface area contributed by atoms with Crippen LogP contribution in [0.2, 0.25) is 0 Å². The van der Waals surface area contributed by atoms with Crippen LogP contribution in [0, 0.1) is 19.7 Å². The molecule has 4 N–H and O–H groups in total. The van der Waals surface area contributed by atoms with E-state index >= 15 is 0 Å². The van der Waals surface area contributed by atoms with Gasteiger partial charge in [0.05, 0.1) is 11.1 Å². The van der Waals surface area contributed by atoms with Gasteiger partial charge in [0.15, 0.2) is 0 Å². The average molecular weight is 407 g/mol. The van der Waals surface area contributed by atoms with E-state index in [1.807, 2.05) is 20.8 Å². The number of anilines is 1. The van der Waals surface area contributed by atoms with E-state index in [0.29, 0.717) is 41.2 Å². The van der Waals surface area contributed by atoms with Gasteiger partial charge in [0.2, 0.25) is 0 Å². The molecule has 28 heavy (non-hydrogen) atoms. The van der Waals surface area contributed by atoms with Gasteiger partial charge in [0.1, 0.15) is 5.82 Å². The number of likely N-dealkylation sites (N-methyl/N-ethyl adjacent to an activating group) is 1. The van der Waals surface area contributed by atoms with Crippen LogP contribution in [0.4, 0.5) is 10.1 Å². The van der Waals surface area contributed by atoms with Gasteiger partial charge >= 0.3 is 0 Å². The van der Waals surface area contributed by atoms with Crippen molar-refractivity contribution < 1.29 is 14.0 Å². The van der Waals surface area contributed by atoms with Crippen LogP contribution in [0.1, 0.15) is 39.8 Å². The molecule has 0 saturated heterocycles. The number of nitrogens with one attached hydrogen (secondary N) is 4. The fourth-order valence-corrected chi connectivity index (χ4v) is 3.24. The van der Waals surface area contributed by atoms with Crippen LogP contribution in [-0.4, -0.2) is 36.4 Å². The number of carbonyl (C=O) groups excluding carboxylic acids is 2. The quantitative estimate of drug-likeness (QED) is 0.439. The number of aromatic nitrogens is 1. The molecule has 2 amide bonds. The van der Waals surface area contributed by atoms with E-state index in [0.717, 1.165) is 17.8 Å². The summed E-state index contributed by atoms with van der Waals surface area (Å²) in [6, 6.07) is 4.18. The number of amides is 2. The van der Waals surface area contributed by atoms with Crippen LogP contribution < -0.4 is 16.0 Å². The van der Waals surface area contributed by atoms with Crippen molar-refractivity contribution in [3.63, 3.8) is 0 Å². The predicted octanol–water partition coefficient (Wildman–Crippen LogP) is 3.02. The number of hydrogen-bond acceptors (Lipinski definition) is 3. The number of halogens is 2. The summed E-state index contributed by atoms with van der Waals surface area (Å²) in [4.78, 5) is 27.9. The number of aromatic amines is 1. The molecule has 1 aliphatic rings. The molecule has 1 aromatic carbocycles. The Labute approximate surface area is 169 Å². The third-order valence-corrected chi connectivity index (χ3v) is 4.59. The standard InChI is InChI=1S/C20H23FN4O2.ClH/c1-4-22-7-8-23-20(27)18-11(2)17(24-12(18)3)10-15-14-9-13(21)5-6-16(14)25-19(15)26;/h5-6,9-10,22,24H,4,7-8H2,1-3H3,(H,23,27)(H,25,26);1H/b15-10+;. The molecular weight excluding hydrogens is 383 g/mol. The van der Waals surface area contributed by atoms with Crippen LogP contribution in [0.5, 0.6) is 0 Å². The maximum Gasteiger partial charge on any atom is 0.256 e. The largest absolute Gasteiger partial charge is 0.358 e. The minimum atomic E-state index is -0.406. The minimum absolute atomic E-state index is 0. The highest BCUT2D eigenvalue weighted by Gasteiger charge is 2.26. The van der Waals surface area contributed by atoms with Crippen molar-refractivity contribution in [3.05, 3.63) is 52.1 Å². The first-order valence-corrected chi connectivity index (χ1v) is 8.93. The van der Waals surface area contributed by atoms with Crippen molar-refractivity contribution in [2.24, 2.45) is 0 Å². The molecule has 0 spiro atoms. The first kappa shape index (κ1) is 21.7. The van der Waals surface area contributed by atoms with E-state index in [9.17, 15) is 14.0 Å². The highest BCUT2D eigenvalue weighted by Crippen LogP contribution is 2.34. The summed E-state index contributed by atoms with van der Waals surface area (Å²) in [7, 11) is 0. The van der Waals surface area contributed by atoms with Crippen molar-refractivity contribution in [1.82, 2.24) is 15.6 Å². The average Bonchev–Trinajstić information content (AvgIpc) is 3.08. The normalized spacial score (nSPS) is 13.9. The lowest BCUT2D eigenvalue weighted by atomic mass is 10.0. The second-order valence-corrected chi connectivity index (χ2v) is 6.48. The van der Waals surface area contributed by atoms with Gasteiger partial charge in [-0.3, -0.25) is 9.59 Å². The Morgan fingerprint density at radius 3 is 2.71 bits per heavy atom. The maximum absolute atomic E-state index is 13.6. The van der Waals surface area contributed by atoms with Crippen molar-refractivity contribution in [2.45, 2.75) is 20.8 Å².